The number of nitrogens with zero attached hydrogens (tertiary/aromatic N) is 1. The summed E-state index contributed by atoms with van der Waals surface area (Å²) in [6.45, 7) is 2.64. The summed E-state index contributed by atoms with van der Waals surface area (Å²) >= 11 is 0. The molecule has 1 unspecified atom stereocenters. The predicted octanol–water partition coefficient (Wildman–Crippen LogP) is 0.513. The first-order valence-electron chi connectivity index (χ1n) is 4.12. The topological polar surface area (TPSA) is 68.0 Å². The standard InChI is InChI=1S/C9H13N3O/c1-7(5-11-6-13)8-2-3-12-9(10)4-8/h2-4,6-7H,5H2,1H3,(H2,10,12)(H,11,13). The molecule has 0 fully saturated rings. The van der Waals surface area contributed by atoms with Crippen LogP contribution in [0.4, 0.5) is 5.82 Å². The highest BCUT2D eigenvalue weighted by Gasteiger charge is 2.04. The van der Waals surface area contributed by atoms with Crippen molar-refractivity contribution in [2.45, 2.75) is 12.8 Å². The van der Waals surface area contributed by atoms with E-state index in [4.69, 9.17) is 5.73 Å². The molecular formula is C9H13N3O. The van der Waals surface area contributed by atoms with E-state index >= 15 is 0 Å². The lowest BCUT2D eigenvalue weighted by Gasteiger charge is -2.10. The third-order valence-corrected chi connectivity index (χ3v) is 1.88. The molecule has 0 saturated heterocycles. The van der Waals surface area contributed by atoms with Gasteiger partial charge in [-0.1, -0.05) is 6.92 Å². The van der Waals surface area contributed by atoms with Gasteiger partial charge in [0, 0.05) is 12.7 Å². The van der Waals surface area contributed by atoms with Crippen LogP contribution >= 0.6 is 0 Å². The van der Waals surface area contributed by atoms with Crippen LogP contribution in [0.25, 0.3) is 0 Å². The zero-order valence-corrected chi connectivity index (χ0v) is 7.53. The maximum absolute atomic E-state index is 10.1. The fourth-order valence-electron chi connectivity index (χ4n) is 1.11. The Morgan fingerprint density at radius 3 is 3.15 bits per heavy atom. The summed E-state index contributed by atoms with van der Waals surface area (Å²) in [6, 6.07) is 3.71. The minimum absolute atomic E-state index is 0.260. The molecule has 1 aromatic rings. The lowest BCUT2D eigenvalue weighted by Crippen LogP contribution is -2.18. The quantitative estimate of drug-likeness (QED) is 0.662. The van der Waals surface area contributed by atoms with Crippen LogP contribution < -0.4 is 11.1 Å². The molecule has 1 amide bonds. The molecule has 0 aliphatic heterocycles. The molecule has 3 N–H and O–H groups in total. The average molecular weight is 179 g/mol. The molecule has 0 saturated carbocycles. The number of carbonyl (C=O) groups is 1. The Hall–Kier alpha value is -1.58. The summed E-state index contributed by atoms with van der Waals surface area (Å²) in [6.07, 6.45) is 2.36. The molecule has 13 heavy (non-hydrogen) atoms. The van der Waals surface area contributed by atoms with Gasteiger partial charge in [0.15, 0.2) is 0 Å². The number of aromatic nitrogens is 1. The summed E-state index contributed by atoms with van der Waals surface area (Å²) in [5.74, 6) is 0.769. The number of rotatable bonds is 4. The monoisotopic (exact) mass is 179 g/mol. The van der Waals surface area contributed by atoms with E-state index in [1.807, 2.05) is 19.1 Å². The van der Waals surface area contributed by atoms with Crippen LogP contribution in [0.15, 0.2) is 18.3 Å². The molecule has 0 aliphatic rings. The SMILES string of the molecule is CC(CNC=O)c1ccnc(N)c1. The van der Waals surface area contributed by atoms with Crippen LogP contribution in [0.5, 0.6) is 0 Å². The second-order valence-electron chi connectivity index (χ2n) is 2.94. The van der Waals surface area contributed by atoms with Crippen molar-refractivity contribution in [3.8, 4) is 0 Å². The van der Waals surface area contributed by atoms with E-state index in [1.165, 1.54) is 0 Å². The Kier molecular flexibility index (Phi) is 3.25. The Bertz CT molecular complexity index is 288. The van der Waals surface area contributed by atoms with Gasteiger partial charge in [-0.25, -0.2) is 4.98 Å². The van der Waals surface area contributed by atoms with Crippen molar-refractivity contribution in [2.75, 3.05) is 12.3 Å². The van der Waals surface area contributed by atoms with Crippen LogP contribution in [0.3, 0.4) is 0 Å². The van der Waals surface area contributed by atoms with Crippen LogP contribution in [-0.4, -0.2) is 17.9 Å². The molecule has 1 aromatic heterocycles. The highest BCUT2D eigenvalue weighted by Crippen LogP contribution is 2.14. The maximum atomic E-state index is 10.1. The van der Waals surface area contributed by atoms with Crippen molar-refractivity contribution >= 4 is 12.2 Å². The second kappa shape index (κ2) is 4.45. The van der Waals surface area contributed by atoms with E-state index in [9.17, 15) is 4.79 Å². The Balaban J connectivity index is 2.65. The van der Waals surface area contributed by atoms with Gasteiger partial charge in [-0.05, 0) is 23.6 Å². The number of amides is 1. The van der Waals surface area contributed by atoms with Gasteiger partial charge < -0.3 is 11.1 Å². The van der Waals surface area contributed by atoms with Gasteiger partial charge in [0.2, 0.25) is 6.41 Å². The summed E-state index contributed by atoms with van der Waals surface area (Å²) in [5, 5.41) is 2.62. The van der Waals surface area contributed by atoms with Gasteiger partial charge in [-0.15, -0.1) is 0 Å². The molecule has 0 aliphatic carbocycles. The smallest absolute Gasteiger partial charge is 0.207 e. The van der Waals surface area contributed by atoms with Crippen molar-refractivity contribution in [2.24, 2.45) is 0 Å². The first kappa shape index (κ1) is 9.51. The van der Waals surface area contributed by atoms with Crippen LogP contribution in [-0.2, 0) is 4.79 Å². The number of anilines is 1. The summed E-state index contributed by atoms with van der Waals surface area (Å²) in [7, 11) is 0. The molecule has 0 radical (unpaired) electrons. The van der Waals surface area contributed by atoms with Gasteiger partial charge >= 0.3 is 0 Å². The van der Waals surface area contributed by atoms with E-state index in [2.05, 4.69) is 10.3 Å². The number of nitrogen functional groups attached to an aromatic ring is 1. The summed E-state index contributed by atoms with van der Waals surface area (Å²) in [4.78, 5) is 13.9. The van der Waals surface area contributed by atoms with E-state index in [0.717, 1.165) is 5.56 Å². The third-order valence-electron chi connectivity index (χ3n) is 1.88. The fraction of sp³-hybridized carbons (Fsp3) is 0.333. The molecular weight excluding hydrogens is 166 g/mol. The fourth-order valence-corrected chi connectivity index (χ4v) is 1.11. The molecule has 70 valence electrons. The molecule has 1 rings (SSSR count). The minimum atomic E-state index is 0.260. The highest BCUT2D eigenvalue weighted by atomic mass is 16.1. The van der Waals surface area contributed by atoms with Gasteiger partial charge in [-0.2, -0.15) is 0 Å². The van der Waals surface area contributed by atoms with Crippen LogP contribution in [0.2, 0.25) is 0 Å². The highest BCUT2D eigenvalue weighted by molar-refractivity contribution is 5.46. The molecule has 1 heterocycles. The largest absolute Gasteiger partial charge is 0.384 e. The van der Waals surface area contributed by atoms with Gasteiger partial charge in [0.1, 0.15) is 5.82 Å². The summed E-state index contributed by atoms with van der Waals surface area (Å²) in [5.41, 5.74) is 6.61. The van der Waals surface area contributed by atoms with Crippen molar-refractivity contribution in [3.05, 3.63) is 23.9 Å². The Morgan fingerprint density at radius 1 is 1.77 bits per heavy atom. The summed E-state index contributed by atoms with van der Waals surface area (Å²) < 4.78 is 0. The molecule has 0 spiro atoms. The van der Waals surface area contributed by atoms with Gasteiger partial charge in [0.25, 0.3) is 0 Å². The first-order chi connectivity index (χ1) is 6.24. The maximum Gasteiger partial charge on any atom is 0.207 e. The lowest BCUT2D eigenvalue weighted by atomic mass is 10.0. The number of nitrogens with two attached hydrogens (primary N) is 1. The number of carbonyl (C=O) groups excluding carboxylic acids is 1. The zero-order valence-electron chi connectivity index (χ0n) is 7.53. The molecule has 4 heteroatoms. The molecule has 0 bridgehead atoms. The Morgan fingerprint density at radius 2 is 2.54 bits per heavy atom. The molecule has 0 aromatic carbocycles. The van der Waals surface area contributed by atoms with Gasteiger partial charge in [-0.3, -0.25) is 4.79 Å². The number of hydrogen-bond acceptors (Lipinski definition) is 3. The number of hydrogen-bond donors (Lipinski definition) is 2. The first-order valence-corrected chi connectivity index (χ1v) is 4.12. The second-order valence-corrected chi connectivity index (χ2v) is 2.94. The van der Waals surface area contributed by atoms with Crippen LogP contribution in [0.1, 0.15) is 18.4 Å². The van der Waals surface area contributed by atoms with Crippen molar-refractivity contribution in [3.63, 3.8) is 0 Å². The van der Waals surface area contributed by atoms with E-state index in [0.29, 0.717) is 18.8 Å². The molecule has 1 atom stereocenters. The van der Waals surface area contributed by atoms with Crippen LogP contribution in [0, 0.1) is 0 Å². The predicted molar refractivity (Wildman–Crippen MR) is 51.1 cm³/mol. The van der Waals surface area contributed by atoms with Crippen molar-refractivity contribution in [1.29, 1.82) is 0 Å². The zero-order chi connectivity index (χ0) is 9.68. The van der Waals surface area contributed by atoms with E-state index < -0.39 is 0 Å². The van der Waals surface area contributed by atoms with Crippen molar-refractivity contribution in [1.82, 2.24) is 10.3 Å². The Labute approximate surface area is 77.2 Å². The van der Waals surface area contributed by atoms with Crippen molar-refractivity contribution < 1.29 is 4.79 Å². The molecule has 4 nitrogen and oxygen atoms in total. The van der Waals surface area contributed by atoms with E-state index in [1.54, 1.807) is 6.20 Å². The normalized spacial score (nSPS) is 12.1. The van der Waals surface area contributed by atoms with Gasteiger partial charge in [0.05, 0.1) is 0 Å². The number of nitrogens with one attached hydrogen (secondary N) is 1. The lowest BCUT2D eigenvalue weighted by molar-refractivity contribution is -0.109. The van der Waals surface area contributed by atoms with E-state index in [-0.39, 0.29) is 5.92 Å². The number of pyridine rings is 1. The minimum Gasteiger partial charge on any atom is -0.384 e. The average Bonchev–Trinajstić information content (AvgIpc) is 2.14. The third kappa shape index (κ3) is 2.74.